The molecule has 152 valence electrons. The van der Waals surface area contributed by atoms with Gasteiger partial charge in [-0.2, -0.15) is 12.6 Å². The van der Waals surface area contributed by atoms with E-state index >= 15 is 0 Å². The van der Waals surface area contributed by atoms with Gasteiger partial charge in [0.1, 0.15) is 4.87 Å². The van der Waals surface area contributed by atoms with Gasteiger partial charge in [0.25, 0.3) is 5.91 Å². The molecule has 0 bridgehead atoms. The maximum Gasteiger partial charge on any atom is 0.255 e. The third-order valence-electron chi connectivity index (χ3n) is 6.92. The highest BCUT2D eigenvalue weighted by Crippen LogP contribution is 2.67. The van der Waals surface area contributed by atoms with Crippen LogP contribution < -0.4 is 0 Å². The van der Waals surface area contributed by atoms with E-state index in [0.29, 0.717) is 17.9 Å². The molecule has 1 amide bonds. The average Bonchev–Trinajstić information content (AvgIpc) is 2.98. The van der Waals surface area contributed by atoms with Crippen molar-refractivity contribution < 1.29 is 4.79 Å². The predicted molar refractivity (Wildman–Crippen MR) is 128 cm³/mol. The van der Waals surface area contributed by atoms with Gasteiger partial charge in [-0.05, 0) is 54.8 Å². The average molecular weight is 452 g/mol. The van der Waals surface area contributed by atoms with Crippen LogP contribution in [-0.4, -0.2) is 43.9 Å². The summed E-state index contributed by atoms with van der Waals surface area (Å²) >= 11 is 11.0. The van der Waals surface area contributed by atoms with E-state index in [2.05, 4.69) is 59.3 Å². The molecule has 1 aliphatic carbocycles. The van der Waals surface area contributed by atoms with E-state index in [0.717, 1.165) is 29.9 Å². The first-order valence-corrected chi connectivity index (χ1v) is 14.3. The van der Waals surface area contributed by atoms with Crippen molar-refractivity contribution in [1.29, 1.82) is 0 Å². The standard InChI is InChI=1S/C22H29NOS4/c24-20-16-7-1-2-8-17(16)21(26-12-5-11-25)15-22(27-13-6-14-28-22)18-9-3-4-10-19(18)23(20)21/h1-2,7-8,18-19,25H,3-6,9-15H2/t18?,19-,21?/m1/s1. The number of nitrogens with zero attached hydrogens (tertiary/aromatic N) is 1. The van der Waals surface area contributed by atoms with E-state index in [1.54, 1.807) is 0 Å². The van der Waals surface area contributed by atoms with Crippen molar-refractivity contribution in [2.75, 3.05) is 23.0 Å². The SMILES string of the molecule is O=C1c2ccccc2C2(SCCCS)CC3(SCCCS3)C3CCCC[C@H]3N12. The third kappa shape index (κ3) is 2.99. The zero-order valence-corrected chi connectivity index (χ0v) is 19.6. The third-order valence-corrected chi connectivity index (χ3v) is 12.3. The van der Waals surface area contributed by atoms with E-state index in [1.807, 2.05) is 17.8 Å². The topological polar surface area (TPSA) is 20.3 Å². The smallest absolute Gasteiger partial charge is 0.255 e. The van der Waals surface area contributed by atoms with Crippen molar-refractivity contribution in [1.82, 2.24) is 4.90 Å². The number of piperidine rings is 1. The van der Waals surface area contributed by atoms with Gasteiger partial charge in [-0.15, -0.1) is 35.3 Å². The van der Waals surface area contributed by atoms with Crippen LogP contribution in [0.5, 0.6) is 0 Å². The van der Waals surface area contributed by atoms with Crippen LogP contribution in [0.2, 0.25) is 0 Å². The molecule has 3 atom stereocenters. The molecule has 4 aliphatic rings. The maximum absolute atomic E-state index is 13.7. The largest absolute Gasteiger partial charge is 0.316 e. The molecule has 0 radical (unpaired) electrons. The summed E-state index contributed by atoms with van der Waals surface area (Å²) in [6, 6.07) is 8.90. The number of carbonyl (C=O) groups excluding carboxylic acids is 1. The van der Waals surface area contributed by atoms with Crippen molar-refractivity contribution in [3.05, 3.63) is 35.4 Å². The molecule has 2 unspecified atom stereocenters. The minimum absolute atomic E-state index is 0.174. The van der Waals surface area contributed by atoms with Crippen molar-refractivity contribution in [2.45, 2.75) is 59.9 Å². The molecule has 3 heterocycles. The summed E-state index contributed by atoms with van der Waals surface area (Å²) in [4.78, 5) is 15.9. The summed E-state index contributed by atoms with van der Waals surface area (Å²) in [7, 11) is 0. The van der Waals surface area contributed by atoms with Crippen molar-refractivity contribution >= 4 is 53.8 Å². The lowest BCUT2D eigenvalue weighted by atomic mass is 9.75. The molecule has 2 saturated heterocycles. The Balaban J connectivity index is 1.64. The summed E-state index contributed by atoms with van der Waals surface area (Å²) in [6.07, 6.45) is 8.61. The highest BCUT2D eigenvalue weighted by molar-refractivity contribution is 8.18. The lowest BCUT2D eigenvalue weighted by molar-refractivity contribution is 0.00931. The van der Waals surface area contributed by atoms with Crippen LogP contribution in [0.15, 0.2) is 24.3 Å². The number of rotatable bonds is 4. The summed E-state index contributed by atoms with van der Waals surface area (Å²) < 4.78 is 0.283. The van der Waals surface area contributed by atoms with Crippen LogP contribution in [0.3, 0.4) is 0 Å². The molecule has 1 spiro atoms. The van der Waals surface area contributed by atoms with Crippen LogP contribution in [0.25, 0.3) is 0 Å². The fraction of sp³-hybridized carbons (Fsp3) is 0.682. The molecule has 3 fully saturated rings. The molecule has 1 saturated carbocycles. The van der Waals surface area contributed by atoms with E-state index in [-0.39, 0.29) is 8.95 Å². The Labute approximate surface area is 187 Å². The van der Waals surface area contributed by atoms with E-state index in [9.17, 15) is 4.79 Å². The molecule has 0 aromatic heterocycles. The second kappa shape index (κ2) is 7.97. The number of hydrogen-bond acceptors (Lipinski definition) is 5. The molecular weight excluding hydrogens is 423 g/mol. The van der Waals surface area contributed by atoms with Gasteiger partial charge in [-0.1, -0.05) is 31.0 Å². The molecule has 6 heteroatoms. The van der Waals surface area contributed by atoms with E-state index < -0.39 is 0 Å². The zero-order chi connectivity index (χ0) is 19.2. The number of thioether (sulfide) groups is 3. The van der Waals surface area contributed by atoms with Crippen LogP contribution in [-0.2, 0) is 4.87 Å². The van der Waals surface area contributed by atoms with Gasteiger partial charge in [0, 0.05) is 29.5 Å². The lowest BCUT2D eigenvalue weighted by Gasteiger charge is -2.60. The van der Waals surface area contributed by atoms with Gasteiger partial charge >= 0.3 is 0 Å². The number of carbonyl (C=O) groups is 1. The molecule has 5 rings (SSSR count). The van der Waals surface area contributed by atoms with Gasteiger partial charge in [0.05, 0.1) is 4.08 Å². The quantitative estimate of drug-likeness (QED) is 0.455. The first-order valence-electron chi connectivity index (χ1n) is 10.7. The zero-order valence-electron chi connectivity index (χ0n) is 16.3. The first kappa shape index (κ1) is 20.0. The van der Waals surface area contributed by atoms with Crippen molar-refractivity contribution in [3.63, 3.8) is 0 Å². The van der Waals surface area contributed by atoms with Crippen LogP contribution >= 0.6 is 47.9 Å². The number of amides is 1. The fourth-order valence-electron chi connectivity index (χ4n) is 5.84. The fourth-order valence-corrected chi connectivity index (χ4v) is 11.9. The first-order chi connectivity index (χ1) is 13.7. The second-order valence-electron chi connectivity index (χ2n) is 8.43. The van der Waals surface area contributed by atoms with Crippen LogP contribution in [0.4, 0.5) is 0 Å². The highest BCUT2D eigenvalue weighted by Gasteiger charge is 2.64. The van der Waals surface area contributed by atoms with Crippen molar-refractivity contribution in [3.8, 4) is 0 Å². The van der Waals surface area contributed by atoms with E-state index in [1.165, 1.54) is 49.2 Å². The minimum Gasteiger partial charge on any atom is -0.316 e. The summed E-state index contributed by atoms with van der Waals surface area (Å²) in [5.41, 5.74) is 2.26. The number of fused-ring (bicyclic) bond motifs is 6. The monoisotopic (exact) mass is 451 g/mol. The normalized spacial score (nSPS) is 33.5. The van der Waals surface area contributed by atoms with Gasteiger partial charge in [0.15, 0.2) is 0 Å². The maximum atomic E-state index is 13.7. The lowest BCUT2D eigenvalue weighted by Crippen LogP contribution is -2.63. The Morgan fingerprint density at radius 1 is 1.14 bits per heavy atom. The molecule has 1 aromatic rings. The Morgan fingerprint density at radius 3 is 2.75 bits per heavy atom. The summed E-state index contributed by atoms with van der Waals surface area (Å²) in [6.45, 7) is 0. The number of thiol groups is 1. The Morgan fingerprint density at radius 2 is 1.93 bits per heavy atom. The van der Waals surface area contributed by atoms with Crippen LogP contribution in [0.1, 0.15) is 60.9 Å². The summed E-state index contributed by atoms with van der Waals surface area (Å²) in [5, 5.41) is 0. The molecule has 3 aliphatic heterocycles. The molecule has 28 heavy (non-hydrogen) atoms. The highest BCUT2D eigenvalue weighted by atomic mass is 32.2. The van der Waals surface area contributed by atoms with Gasteiger partial charge in [0.2, 0.25) is 0 Å². The Hall–Kier alpha value is 0.0900. The summed E-state index contributed by atoms with van der Waals surface area (Å²) in [5.74, 6) is 5.50. The number of benzene rings is 1. The minimum atomic E-state index is -0.174. The number of hydrogen-bond donors (Lipinski definition) is 1. The second-order valence-corrected chi connectivity index (χ2v) is 13.4. The molecule has 0 N–H and O–H groups in total. The van der Waals surface area contributed by atoms with Gasteiger partial charge in [-0.3, -0.25) is 4.79 Å². The Kier molecular flexibility index (Phi) is 5.70. The van der Waals surface area contributed by atoms with Gasteiger partial charge < -0.3 is 4.90 Å². The van der Waals surface area contributed by atoms with Crippen LogP contribution in [0, 0.1) is 5.92 Å². The van der Waals surface area contributed by atoms with Crippen molar-refractivity contribution in [2.24, 2.45) is 5.92 Å². The molecule has 1 aromatic carbocycles. The Bertz CT molecular complexity index is 750. The van der Waals surface area contributed by atoms with E-state index in [4.69, 9.17) is 0 Å². The molecular formula is C22H29NOS4. The van der Waals surface area contributed by atoms with Gasteiger partial charge in [-0.25, -0.2) is 0 Å². The predicted octanol–water partition coefficient (Wildman–Crippen LogP) is 5.88. The molecule has 2 nitrogen and oxygen atoms in total.